The first-order chi connectivity index (χ1) is 7.90. The number of carbonyl (C=O) groups is 1. The van der Waals surface area contributed by atoms with Crippen LogP contribution in [0.15, 0.2) is 0 Å². The summed E-state index contributed by atoms with van der Waals surface area (Å²) in [6.45, 7) is 8.33. The second-order valence-corrected chi connectivity index (χ2v) is 5.77. The first-order valence-electron chi connectivity index (χ1n) is 6.55. The van der Waals surface area contributed by atoms with Gasteiger partial charge in [-0.25, -0.2) is 0 Å². The van der Waals surface area contributed by atoms with Crippen LogP contribution in [0.25, 0.3) is 0 Å². The maximum atomic E-state index is 12.0. The third-order valence-electron chi connectivity index (χ3n) is 3.66. The molecule has 100 valence electrons. The van der Waals surface area contributed by atoms with Gasteiger partial charge in [0, 0.05) is 19.8 Å². The van der Waals surface area contributed by atoms with Crippen LogP contribution in [0.4, 0.5) is 0 Å². The summed E-state index contributed by atoms with van der Waals surface area (Å²) in [5, 5.41) is 3.00. The van der Waals surface area contributed by atoms with Gasteiger partial charge in [-0.15, -0.1) is 0 Å². The molecule has 0 aliphatic carbocycles. The molecule has 1 atom stereocenters. The molecule has 1 rings (SSSR count). The number of ether oxygens (including phenoxy) is 1. The quantitative estimate of drug-likeness (QED) is 0.766. The van der Waals surface area contributed by atoms with Crippen LogP contribution >= 0.6 is 0 Å². The molecule has 1 unspecified atom stereocenters. The van der Waals surface area contributed by atoms with Crippen molar-refractivity contribution in [2.45, 2.75) is 52.0 Å². The fraction of sp³-hybridized carbons (Fsp3) is 0.923. The zero-order valence-electron chi connectivity index (χ0n) is 11.3. The van der Waals surface area contributed by atoms with Crippen LogP contribution in [0.1, 0.15) is 46.5 Å². The summed E-state index contributed by atoms with van der Waals surface area (Å²) in [5.74, 6) is -0.0351. The van der Waals surface area contributed by atoms with E-state index in [-0.39, 0.29) is 11.3 Å². The Kier molecular flexibility index (Phi) is 4.95. The van der Waals surface area contributed by atoms with Gasteiger partial charge in [0.05, 0.1) is 5.54 Å². The molecular weight excluding hydrogens is 216 g/mol. The van der Waals surface area contributed by atoms with Crippen LogP contribution in [0.2, 0.25) is 0 Å². The third-order valence-corrected chi connectivity index (χ3v) is 3.66. The topological polar surface area (TPSA) is 64.4 Å². The number of carbonyl (C=O) groups excluding carboxylic acids is 1. The molecule has 0 spiro atoms. The number of rotatable bonds is 5. The van der Waals surface area contributed by atoms with Crippen molar-refractivity contribution < 1.29 is 9.53 Å². The maximum absolute atomic E-state index is 12.0. The molecule has 4 nitrogen and oxygen atoms in total. The summed E-state index contributed by atoms with van der Waals surface area (Å²) < 4.78 is 5.34. The van der Waals surface area contributed by atoms with Crippen molar-refractivity contribution in [2.24, 2.45) is 11.1 Å². The zero-order chi connectivity index (χ0) is 12.9. The highest BCUT2D eigenvalue weighted by Crippen LogP contribution is 2.28. The Morgan fingerprint density at radius 2 is 2.06 bits per heavy atom. The van der Waals surface area contributed by atoms with E-state index in [1.165, 1.54) is 0 Å². The number of hydrogen-bond acceptors (Lipinski definition) is 3. The number of nitrogens with two attached hydrogens (primary N) is 1. The van der Waals surface area contributed by atoms with Crippen molar-refractivity contribution in [2.75, 3.05) is 19.8 Å². The predicted octanol–water partition coefficient (Wildman–Crippen LogP) is 1.44. The van der Waals surface area contributed by atoms with Gasteiger partial charge in [0.2, 0.25) is 5.91 Å². The van der Waals surface area contributed by atoms with E-state index in [0.29, 0.717) is 6.54 Å². The van der Waals surface area contributed by atoms with Gasteiger partial charge >= 0.3 is 0 Å². The van der Waals surface area contributed by atoms with Gasteiger partial charge in [-0.2, -0.15) is 0 Å². The Morgan fingerprint density at radius 1 is 1.47 bits per heavy atom. The van der Waals surface area contributed by atoms with E-state index in [1.54, 1.807) is 6.92 Å². The van der Waals surface area contributed by atoms with Gasteiger partial charge in [0.1, 0.15) is 0 Å². The van der Waals surface area contributed by atoms with Gasteiger partial charge in [-0.05, 0) is 31.6 Å². The average Bonchev–Trinajstić information content (AvgIpc) is 2.27. The monoisotopic (exact) mass is 242 g/mol. The lowest BCUT2D eigenvalue weighted by Crippen LogP contribution is -2.53. The minimum absolute atomic E-state index is 0.0351. The Morgan fingerprint density at radius 3 is 2.59 bits per heavy atom. The van der Waals surface area contributed by atoms with Gasteiger partial charge in [0.15, 0.2) is 0 Å². The third kappa shape index (κ3) is 4.28. The molecule has 0 saturated carbocycles. The molecule has 1 amide bonds. The van der Waals surface area contributed by atoms with Crippen LogP contribution in [0.3, 0.4) is 0 Å². The molecular formula is C13H26N2O2. The first kappa shape index (κ1) is 14.5. The maximum Gasteiger partial charge on any atom is 0.239 e. The minimum Gasteiger partial charge on any atom is -0.381 e. The van der Waals surface area contributed by atoms with E-state index in [0.717, 1.165) is 38.9 Å². The standard InChI is InChI=1S/C13H26N2O2/c1-4-5-13(3,14)11(16)15-10-12(2)6-8-17-9-7-12/h4-10,14H2,1-3H3,(H,15,16). The molecule has 0 aromatic carbocycles. The minimum atomic E-state index is -0.740. The molecule has 1 aliphatic heterocycles. The van der Waals surface area contributed by atoms with Crippen LogP contribution in [-0.4, -0.2) is 31.2 Å². The van der Waals surface area contributed by atoms with E-state index in [9.17, 15) is 4.79 Å². The summed E-state index contributed by atoms with van der Waals surface area (Å²) in [7, 11) is 0. The normalized spacial score (nSPS) is 22.8. The SMILES string of the molecule is CCCC(C)(N)C(=O)NCC1(C)CCOCC1. The van der Waals surface area contributed by atoms with E-state index in [4.69, 9.17) is 10.5 Å². The van der Waals surface area contributed by atoms with Crippen molar-refractivity contribution in [3.05, 3.63) is 0 Å². The summed E-state index contributed by atoms with van der Waals surface area (Å²) >= 11 is 0. The smallest absolute Gasteiger partial charge is 0.239 e. The largest absolute Gasteiger partial charge is 0.381 e. The number of amides is 1. The summed E-state index contributed by atoms with van der Waals surface area (Å²) in [6, 6.07) is 0. The second kappa shape index (κ2) is 5.83. The van der Waals surface area contributed by atoms with Crippen LogP contribution < -0.4 is 11.1 Å². The number of nitrogens with one attached hydrogen (secondary N) is 1. The molecule has 0 aromatic rings. The summed E-state index contributed by atoms with van der Waals surface area (Å²) in [6.07, 6.45) is 3.65. The van der Waals surface area contributed by atoms with Crippen LogP contribution in [-0.2, 0) is 9.53 Å². The fourth-order valence-corrected chi connectivity index (χ4v) is 2.17. The zero-order valence-corrected chi connectivity index (χ0v) is 11.3. The van der Waals surface area contributed by atoms with Crippen molar-refractivity contribution in [1.29, 1.82) is 0 Å². The first-order valence-corrected chi connectivity index (χ1v) is 6.55. The Bertz CT molecular complexity index is 258. The lowest BCUT2D eigenvalue weighted by molar-refractivity contribution is -0.126. The van der Waals surface area contributed by atoms with Crippen LogP contribution in [0.5, 0.6) is 0 Å². The summed E-state index contributed by atoms with van der Waals surface area (Å²) in [5.41, 5.74) is 5.42. The highest BCUT2D eigenvalue weighted by molar-refractivity contribution is 5.85. The second-order valence-electron chi connectivity index (χ2n) is 5.77. The Labute approximate surface area is 104 Å². The molecule has 4 heteroatoms. The van der Waals surface area contributed by atoms with Gasteiger partial charge in [0.25, 0.3) is 0 Å². The van der Waals surface area contributed by atoms with Crippen molar-refractivity contribution in [3.63, 3.8) is 0 Å². The summed E-state index contributed by atoms with van der Waals surface area (Å²) in [4.78, 5) is 12.0. The lowest BCUT2D eigenvalue weighted by Gasteiger charge is -2.34. The molecule has 1 saturated heterocycles. The van der Waals surface area contributed by atoms with Gasteiger partial charge in [-0.1, -0.05) is 20.3 Å². The highest BCUT2D eigenvalue weighted by Gasteiger charge is 2.31. The predicted molar refractivity (Wildman–Crippen MR) is 68.7 cm³/mol. The Hall–Kier alpha value is -0.610. The van der Waals surface area contributed by atoms with Gasteiger partial charge < -0.3 is 15.8 Å². The molecule has 3 N–H and O–H groups in total. The fourth-order valence-electron chi connectivity index (χ4n) is 2.17. The molecule has 1 aliphatic rings. The molecule has 17 heavy (non-hydrogen) atoms. The molecule has 0 radical (unpaired) electrons. The van der Waals surface area contributed by atoms with E-state index >= 15 is 0 Å². The molecule has 0 bridgehead atoms. The average molecular weight is 242 g/mol. The molecule has 1 fully saturated rings. The van der Waals surface area contributed by atoms with Gasteiger partial charge in [-0.3, -0.25) is 4.79 Å². The van der Waals surface area contributed by atoms with E-state index in [2.05, 4.69) is 12.2 Å². The van der Waals surface area contributed by atoms with Crippen molar-refractivity contribution in [1.82, 2.24) is 5.32 Å². The van der Waals surface area contributed by atoms with Crippen molar-refractivity contribution in [3.8, 4) is 0 Å². The molecule has 0 aromatic heterocycles. The lowest BCUT2D eigenvalue weighted by atomic mass is 9.82. The van der Waals surface area contributed by atoms with Crippen LogP contribution in [0, 0.1) is 5.41 Å². The molecule has 1 heterocycles. The highest BCUT2D eigenvalue weighted by atomic mass is 16.5. The van der Waals surface area contributed by atoms with E-state index < -0.39 is 5.54 Å². The Balaban J connectivity index is 2.41. The number of hydrogen-bond donors (Lipinski definition) is 2. The van der Waals surface area contributed by atoms with E-state index in [1.807, 2.05) is 6.92 Å². The van der Waals surface area contributed by atoms with Crippen molar-refractivity contribution >= 4 is 5.91 Å².